The van der Waals surface area contributed by atoms with Crippen LogP contribution in [-0.4, -0.2) is 27.9 Å². The highest BCUT2D eigenvalue weighted by molar-refractivity contribution is 4.98. The van der Waals surface area contributed by atoms with Gasteiger partial charge in [0.15, 0.2) is 0 Å². The zero-order valence-electron chi connectivity index (χ0n) is 9.09. The Morgan fingerprint density at radius 2 is 2.60 bits per heavy atom. The summed E-state index contributed by atoms with van der Waals surface area (Å²) in [5.41, 5.74) is 0. The highest BCUT2D eigenvalue weighted by atomic mass is 16.5. The van der Waals surface area contributed by atoms with Crippen LogP contribution in [0.1, 0.15) is 31.7 Å². The lowest BCUT2D eigenvalue weighted by Crippen LogP contribution is -2.25. The van der Waals surface area contributed by atoms with Crippen molar-refractivity contribution in [1.82, 2.24) is 9.55 Å². The zero-order chi connectivity index (χ0) is 10.7. The van der Waals surface area contributed by atoms with Gasteiger partial charge in [-0.05, 0) is 19.8 Å². The quantitative estimate of drug-likeness (QED) is 0.819. The maximum atomic E-state index is 10.2. The maximum absolute atomic E-state index is 10.2. The molecule has 15 heavy (non-hydrogen) atoms. The number of aliphatic hydroxyl groups excluding tert-OH is 1. The van der Waals surface area contributed by atoms with E-state index in [9.17, 15) is 5.11 Å². The van der Waals surface area contributed by atoms with Gasteiger partial charge in [-0.1, -0.05) is 0 Å². The molecule has 84 valence electrons. The van der Waals surface area contributed by atoms with Crippen LogP contribution in [0.4, 0.5) is 0 Å². The molecule has 0 bridgehead atoms. The van der Waals surface area contributed by atoms with Crippen LogP contribution in [0.5, 0.6) is 0 Å². The summed E-state index contributed by atoms with van der Waals surface area (Å²) in [6, 6.07) is 0. The van der Waals surface area contributed by atoms with Crippen molar-refractivity contribution in [3.05, 3.63) is 18.2 Å². The molecule has 1 aromatic heterocycles. The predicted molar refractivity (Wildman–Crippen MR) is 56.4 cm³/mol. The van der Waals surface area contributed by atoms with Crippen molar-refractivity contribution < 1.29 is 9.84 Å². The second kappa shape index (κ2) is 4.77. The Morgan fingerprint density at radius 3 is 3.27 bits per heavy atom. The summed E-state index contributed by atoms with van der Waals surface area (Å²) in [5.74, 6) is 0.972. The Hall–Kier alpha value is -0.870. The molecule has 1 saturated heterocycles. The molecule has 0 radical (unpaired) electrons. The third-order valence-corrected chi connectivity index (χ3v) is 2.99. The molecular weight excluding hydrogens is 192 g/mol. The predicted octanol–water partition coefficient (Wildman–Crippen LogP) is 1.36. The summed E-state index contributed by atoms with van der Waals surface area (Å²) in [6.45, 7) is 4.37. The number of hydrogen-bond acceptors (Lipinski definition) is 3. The van der Waals surface area contributed by atoms with Crippen molar-refractivity contribution in [3.63, 3.8) is 0 Å². The lowest BCUT2D eigenvalue weighted by molar-refractivity contribution is -0.0144. The number of imidazole rings is 1. The minimum Gasteiger partial charge on any atom is -0.385 e. The normalized spacial score (nSPS) is 24.0. The number of aliphatic hydroxyl groups is 1. The van der Waals surface area contributed by atoms with Gasteiger partial charge in [-0.3, -0.25) is 0 Å². The van der Waals surface area contributed by atoms with Gasteiger partial charge in [0.25, 0.3) is 0 Å². The van der Waals surface area contributed by atoms with E-state index in [4.69, 9.17) is 4.74 Å². The summed E-state index contributed by atoms with van der Waals surface area (Å²) in [7, 11) is 0. The molecular formula is C11H18N2O2. The fourth-order valence-corrected chi connectivity index (χ4v) is 2.08. The van der Waals surface area contributed by atoms with Gasteiger partial charge in [-0.15, -0.1) is 0 Å². The van der Waals surface area contributed by atoms with Crippen LogP contribution in [0.15, 0.2) is 12.4 Å². The second-order valence-corrected chi connectivity index (χ2v) is 3.99. The Balaban J connectivity index is 2.08. The molecule has 0 spiro atoms. The molecule has 0 amide bonds. The minimum atomic E-state index is -0.486. The van der Waals surface area contributed by atoms with Gasteiger partial charge in [-0.25, -0.2) is 4.98 Å². The van der Waals surface area contributed by atoms with E-state index in [1.54, 1.807) is 6.20 Å². The monoisotopic (exact) mass is 210 g/mol. The van der Waals surface area contributed by atoms with E-state index in [-0.39, 0.29) is 5.92 Å². The first-order valence-electron chi connectivity index (χ1n) is 5.59. The fraction of sp³-hybridized carbons (Fsp3) is 0.727. The SMILES string of the molecule is CCn1ccnc1C(O)C1CCCOC1. The third-order valence-electron chi connectivity index (χ3n) is 2.99. The average Bonchev–Trinajstić information content (AvgIpc) is 2.77. The second-order valence-electron chi connectivity index (χ2n) is 3.99. The Morgan fingerprint density at radius 1 is 1.73 bits per heavy atom. The van der Waals surface area contributed by atoms with E-state index < -0.39 is 6.10 Å². The van der Waals surface area contributed by atoms with Gasteiger partial charge in [0.2, 0.25) is 0 Å². The highest BCUT2D eigenvalue weighted by Crippen LogP contribution is 2.27. The van der Waals surface area contributed by atoms with Crippen molar-refractivity contribution in [2.24, 2.45) is 5.92 Å². The molecule has 1 fully saturated rings. The molecule has 2 rings (SSSR count). The Bertz CT molecular complexity index is 305. The van der Waals surface area contributed by atoms with E-state index >= 15 is 0 Å². The third kappa shape index (κ3) is 2.21. The van der Waals surface area contributed by atoms with E-state index in [1.807, 2.05) is 10.8 Å². The first kappa shape index (κ1) is 10.6. The van der Waals surface area contributed by atoms with E-state index in [0.717, 1.165) is 31.8 Å². The summed E-state index contributed by atoms with van der Waals surface area (Å²) in [5, 5.41) is 10.2. The minimum absolute atomic E-state index is 0.200. The molecule has 2 heterocycles. The van der Waals surface area contributed by atoms with Crippen LogP contribution in [0.3, 0.4) is 0 Å². The number of rotatable bonds is 3. The van der Waals surface area contributed by atoms with E-state index in [0.29, 0.717) is 6.61 Å². The Labute approximate surface area is 89.9 Å². The molecule has 0 aromatic carbocycles. The van der Waals surface area contributed by atoms with Crippen LogP contribution in [0.25, 0.3) is 0 Å². The van der Waals surface area contributed by atoms with Crippen molar-refractivity contribution in [2.75, 3.05) is 13.2 Å². The number of hydrogen-bond donors (Lipinski definition) is 1. The average molecular weight is 210 g/mol. The van der Waals surface area contributed by atoms with Crippen LogP contribution < -0.4 is 0 Å². The van der Waals surface area contributed by atoms with Crippen molar-refractivity contribution in [1.29, 1.82) is 0 Å². The number of ether oxygens (including phenoxy) is 1. The van der Waals surface area contributed by atoms with Gasteiger partial charge in [-0.2, -0.15) is 0 Å². The Kier molecular flexibility index (Phi) is 3.38. The summed E-state index contributed by atoms with van der Waals surface area (Å²) < 4.78 is 7.36. The standard InChI is InChI=1S/C11H18N2O2/c1-2-13-6-5-12-11(13)10(14)9-4-3-7-15-8-9/h5-6,9-10,14H,2-4,7-8H2,1H3. The van der Waals surface area contributed by atoms with Gasteiger partial charge in [0.1, 0.15) is 11.9 Å². The first-order valence-corrected chi connectivity index (χ1v) is 5.59. The molecule has 0 aliphatic carbocycles. The zero-order valence-corrected chi connectivity index (χ0v) is 9.09. The van der Waals surface area contributed by atoms with Crippen LogP contribution in [-0.2, 0) is 11.3 Å². The smallest absolute Gasteiger partial charge is 0.137 e. The lowest BCUT2D eigenvalue weighted by Gasteiger charge is -2.26. The number of aromatic nitrogens is 2. The van der Waals surface area contributed by atoms with Gasteiger partial charge >= 0.3 is 0 Å². The molecule has 4 heteroatoms. The summed E-state index contributed by atoms with van der Waals surface area (Å²) >= 11 is 0. The van der Waals surface area contributed by atoms with Crippen molar-refractivity contribution >= 4 is 0 Å². The molecule has 1 N–H and O–H groups in total. The molecule has 2 atom stereocenters. The van der Waals surface area contributed by atoms with Crippen LogP contribution in [0.2, 0.25) is 0 Å². The molecule has 1 aliphatic rings. The molecule has 4 nitrogen and oxygen atoms in total. The van der Waals surface area contributed by atoms with Gasteiger partial charge in [0.05, 0.1) is 6.61 Å². The summed E-state index contributed by atoms with van der Waals surface area (Å²) in [4.78, 5) is 4.22. The van der Waals surface area contributed by atoms with Crippen molar-refractivity contribution in [2.45, 2.75) is 32.4 Å². The molecule has 0 saturated carbocycles. The van der Waals surface area contributed by atoms with Gasteiger partial charge in [0, 0.05) is 31.5 Å². The van der Waals surface area contributed by atoms with Crippen molar-refractivity contribution in [3.8, 4) is 0 Å². The number of aryl methyl sites for hydroxylation is 1. The maximum Gasteiger partial charge on any atom is 0.137 e. The molecule has 2 unspecified atom stereocenters. The highest BCUT2D eigenvalue weighted by Gasteiger charge is 2.26. The number of nitrogens with zero attached hydrogens (tertiary/aromatic N) is 2. The topological polar surface area (TPSA) is 47.3 Å². The molecule has 1 aromatic rings. The fourth-order valence-electron chi connectivity index (χ4n) is 2.08. The first-order chi connectivity index (χ1) is 7.33. The lowest BCUT2D eigenvalue weighted by atomic mass is 9.95. The van der Waals surface area contributed by atoms with Gasteiger partial charge < -0.3 is 14.4 Å². The molecule has 1 aliphatic heterocycles. The largest absolute Gasteiger partial charge is 0.385 e. The van der Waals surface area contributed by atoms with Crippen LogP contribution >= 0.6 is 0 Å². The van der Waals surface area contributed by atoms with E-state index in [2.05, 4.69) is 11.9 Å². The van der Waals surface area contributed by atoms with E-state index in [1.165, 1.54) is 0 Å². The van der Waals surface area contributed by atoms with Crippen LogP contribution in [0, 0.1) is 5.92 Å². The summed E-state index contributed by atoms with van der Waals surface area (Å²) in [6.07, 6.45) is 5.22.